The molecule has 0 aromatic carbocycles. The van der Waals surface area contributed by atoms with Crippen molar-refractivity contribution in [2.45, 2.75) is 39.0 Å². The summed E-state index contributed by atoms with van der Waals surface area (Å²) in [5.74, 6) is 1.82. The summed E-state index contributed by atoms with van der Waals surface area (Å²) in [6, 6.07) is 0. The van der Waals surface area contributed by atoms with Gasteiger partial charge in [0.25, 0.3) is 0 Å². The highest BCUT2D eigenvalue weighted by molar-refractivity contribution is 14.0. The molecule has 0 unspecified atom stereocenters. The van der Waals surface area contributed by atoms with Crippen LogP contribution in [-0.2, 0) is 9.47 Å². The molecule has 1 aliphatic rings. The molecule has 7 heteroatoms. The summed E-state index contributed by atoms with van der Waals surface area (Å²) < 4.78 is 10.4. The number of ether oxygens (including phenoxy) is 2. The van der Waals surface area contributed by atoms with Gasteiger partial charge in [-0.15, -0.1) is 24.0 Å². The largest absolute Gasteiger partial charge is 0.382 e. The lowest BCUT2D eigenvalue weighted by Crippen LogP contribution is -2.40. The summed E-state index contributed by atoms with van der Waals surface area (Å²) in [4.78, 5) is 6.86. The fraction of sp³-hybridized carbons (Fsp3) is 0.944. The van der Waals surface area contributed by atoms with Crippen molar-refractivity contribution in [2.75, 3.05) is 66.7 Å². The average molecular weight is 470 g/mol. The van der Waals surface area contributed by atoms with Crippen molar-refractivity contribution in [2.24, 2.45) is 10.9 Å². The number of halogens is 1. The topological polar surface area (TPSA) is 58.1 Å². The third-order valence-corrected chi connectivity index (χ3v) is 4.48. The molecule has 6 nitrogen and oxygen atoms in total. The van der Waals surface area contributed by atoms with Crippen molar-refractivity contribution in [1.29, 1.82) is 0 Å². The fourth-order valence-corrected chi connectivity index (χ4v) is 2.80. The van der Waals surface area contributed by atoms with Crippen LogP contribution in [0.5, 0.6) is 0 Å². The molecule has 1 heterocycles. The van der Waals surface area contributed by atoms with E-state index in [0.29, 0.717) is 13.2 Å². The Bertz CT molecular complexity index is 324. The molecular weight excluding hydrogens is 431 g/mol. The van der Waals surface area contributed by atoms with E-state index in [1.807, 2.05) is 7.05 Å². The third kappa shape index (κ3) is 13.7. The Morgan fingerprint density at radius 2 is 1.72 bits per heavy atom. The van der Waals surface area contributed by atoms with Crippen molar-refractivity contribution < 1.29 is 9.47 Å². The Hall–Kier alpha value is -0.120. The van der Waals surface area contributed by atoms with Gasteiger partial charge in [-0.25, -0.2) is 0 Å². The summed E-state index contributed by atoms with van der Waals surface area (Å²) in [6.45, 7) is 10.1. The van der Waals surface area contributed by atoms with Gasteiger partial charge in [0.05, 0.1) is 13.2 Å². The second kappa shape index (κ2) is 17.3. The monoisotopic (exact) mass is 470 g/mol. The van der Waals surface area contributed by atoms with Gasteiger partial charge in [-0.3, -0.25) is 4.99 Å². The van der Waals surface area contributed by atoms with E-state index in [1.54, 1.807) is 7.11 Å². The first kappa shape index (κ1) is 24.9. The standard InChI is InChI=1S/C18H38N4O2.HI/c1-17-7-12-22(13-8-17)11-6-10-21-18(19-2)20-9-4-5-14-24-16-15-23-3;/h17H,4-16H2,1-3H3,(H2,19,20,21);1H. The number of rotatable bonds is 12. The van der Waals surface area contributed by atoms with Gasteiger partial charge in [0, 0.05) is 33.9 Å². The molecule has 0 saturated carbocycles. The molecule has 0 spiro atoms. The van der Waals surface area contributed by atoms with Crippen molar-refractivity contribution in [3.63, 3.8) is 0 Å². The molecule has 0 aliphatic carbocycles. The Kier molecular flexibility index (Phi) is 17.2. The number of methoxy groups -OCH3 is 1. The molecule has 0 bridgehead atoms. The summed E-state index contributed by atoms with van der Waals surface area (Å²) in [5.41, 5.74) is 0. The van der Waals surface area contributed by atoms with E-state index in [2.05, 4.69) is 27.4 Å². The van der Waals surface area contributed by atoms with E-state index in [0.717, 1.165) is 44.4 Å². The highest BCUT2D eigenvalue weighted by Gasteiger charge is 2.14. The first-order valence-electron chi connectivity index (χ1n) is 9.49. The van der Waals surface area contributed by atoms with Crippen LogP contribution in [0, 0.1) is 5.92 Å². The third-order valence-electron chi connectivity index (χ3n) is 4.48. The number of hydrogen-bond donors (Lipinski definition) is 2. The summed E-state index contributed by atoms with van der Waals surface area (Å²) in [5, 5.41) is 6.76. The quantitative estimate of drug-likeness (QED) is 0.199. The van der Waals surface area contributed by atoms with Crippen LogP contribution in [0.1, 0.15) is 39.0 Å². The molecular formula is C18H39IN4O2. The predicted molar refractivity (Wildman–Crippen MR) is 116 cm³/mol. The highest BCUT2D eigenvalue weighted by Crippen LogP contribution is 2.15. The van der Waals surface area contributed by atoms with Gasteiger partial charge < -0.3 is 25.0 Å². The molecule has 1 fully saturated rings. The number of hydrogen-bond acceptors (Lipinski definition) is 4. The second-order valence-electron chi connectivity index (χ2n) is 6.62. The molecule has 0 atom stereocenters. The van der Waals surface area contributed by atoms with Crippen LogP contribution in [0.2, 0.25) is 0 Å². The van der Waals surface area contributed by atoms with Gasteiger partial charge in [-0.2, -0.15) is 0 Å². The summed E-state index contributed by atoms with van der Waals surface area (Å²) in [7, 11) is 3.52. The van der Waals surface area contributed by atoms with E-state index in [4.69, 9.17) is 9.47 Å². The van der Waals surface area contributed by atoms with Crippen LogP contribution in [-0.4, -0.2) is 77.6 Å². The maximum absolute atomic E-state index is 5.45. The number of unbranched alkanes of at least 4 members (excludes halogenated alkanes) is 1. The first-order valence-corrected chi connectivity index (χ1v) is 9.49. The number of nitrogens with zero attached hydrogens (tertiary/aromatic N) is 2. The van der Waals surface area contributed by atoms with E-state index in [9.17, 15) is 0 Å². The lowest BCUT2D eigenvalue weighted by molar-refractivity contribution is 0.0689. The number of likely N-dealkylation sites (tertiary alicyclic amines) is 1. The zero-order chi connectivity index (χ0) is 17.5. The van der Waals surface area contributed by atoms with Gasteiger partial charge in [0.15, 0.2) is 5.96 Å². The number of piperidine rings is 1. The molecule has 0 amide bonds. The molecule has 1 rings (SSSR count). The Labute approximate surface area is 171 Å². The minimum Gasteiger partial charge on any atom is -0.382 e. The van der Waals surface area contributed by atoms with Crippen molar-refractivity contribution in [1.82, 2.24) is 15.5 Å². The number of aliphatic imine (C=N–C) groups is 1. The molecule has 2 N–H and O–H groups in total. The van der Waals surface area contributed by atoms with E-state index < -0.39 is 0 Å². The van der Waals surface area contributed by atoms with Gasteiger partial charge in [-0.1, -0.05) is 6.92 Å². The van der Waals surface area contributed by atoms with Crippen molar-refractivity contribution in [3.8, 4) is 0 Å². The Morgan fingerprint density at radius 1 is 1.04 bits per heavy atom. The van der Waals surface area contributed by atoms with Crippen molar-refractivity contribution in [3.05, 3.63) is 0 Å². The zero-order valence-corrected chi connectivity index (χ0v) is 18.7. The van der Waals surface area contributed by atoms with Crippen LogP contribution < -0.4 is 10.6 Å². The van der Waals surface area contributed by atoms with Gasteiger partial charge >= 0.3 is 0 Å². The van der Waals surface area contributed by atoms with Crippen LogP contribution in [0.15, 0.2) is 4.99 Å². The molecule has 0 radical (unpaired) electrons. The molecule has 1 saturated heterocycles. The minimum atomic E-state index is 0. The normalized spacial score (nSPS) is 16.5. The highest BCUT2D eigenvalue weighted by atomic mass is 127. The van der Waals surface area contributed by atoms with Crippen LogP contribution in [0.3, 0.4) is 0 Å². The van der Waals surface area contributed by atoms with Gasteiger partial charge in [-0.05, 0) is 57.7 Å². The predicted octanol–water partition coefficient (Wildman–Crippen LogP) is 2.33. The molecule has 150 valence electrons. The minimum absolute atomic E-state index is 0. The van der Waals surface area contributed by atoms with Crippen LogP contribution >= 0.6 is 24.0 Å². The summed E-state index contributed by atoms with van der Waals surface area (Å²) in [6.07, 6.45) is 6.01. The Balaban J connectivity index is 0.00000576. The molecule has 1 aliphatic heterocycles. The molecule has 0 aromatic heterocycles. The number of guanidine groups is 1. The maximum Gasteiger partial charge on any atom is 0.190 e. The van der Waals surface area contributed by atoms with Crippen LogP contribution in [0.4, 0.5) is 0 Å². The van der Waals surface area contributed by atoms with Crippen LogP contribution in [0.25, 0.3) is 0 Å². The lowest BCUT2D eigenvalue weighted by Gasteiger charge is -2.30. The molecule has 0 aromatic rings. The summed E-state index contributed by atoms with van der Waals surface area (Å²) >= 11 is 0. The second-order valence-corrected chi connectivity index (χ2v) is 6.62. The van der Waals surface area contributed by atoms with E-state index >= 15 is 0 Å². The smallest absolute Gasteiger partial charge is 0.190 e. The maximum atomic E-state index is 5.45. The molecule has 25 heavy (non-hydrogen) atoms. The SMILES string of the molecule is CN=C(NCCCCOCCOC)NCCCN1CCC(C)CC1.I. The first-order chi connectivity index (χ1) is 11.8. The van der Waals surface area contributed by atoms with Gasteiger partial charge in [0.2, 0.25) is 0 Å². The van der Waals surface area contributed by atoms with E-state index in [1.165, 1.54) is 38.9 Å². The Morgan fingerprint density at radius 3 is 2.36 bits per heavy atom. The fourth-order valence-electron chi connectivity index (χ4n) is 2.80. The van der Waals surface area contributed by atoms with E-state index in [-0.39, 0.29) is 24.0 Å². The average Bonchev–Trinajstić information content (AvgIpc) is 2.60. The number of nitrogens with one attached hydrogen (secondary N) is 2. The van der Waals surface area contributed by atoms with Crippen molar-refractivity contribution >= 4 is 29.9 Å². The lowest BCUT2D eigenvalue weighted by atomic mass is 9.99. The van der Waals surface area contributed by atoms with Gasteiger partial charge in [0.1, 0.15) is 0 Å². The zero-order valence-electron chi connectivity index (χ0n) is 16.4.